The summed E-state index contributed by atoms with van der Waals surface area (Å²) in [4.78, 5) is 30.3. The number of methoxy groups -OCH3 is 1. The Morgan fingerprint density at radius 1 is 1.22 bits per heavy atom. The Bertz CT molecular complexity index is 1160. The highest BCUT2D eigenvalue weighted by Gasteiger charge is 2.48. The van der Waals surface area contributed by atoms with Crippen LogP contribution in [0.3, 0.4) is 0 Å². The van der Waals surface area contributed by atoms with Crippen LogP contribution in [0.5, 0.6) is 5.75 Å². The van der Waals surface area contributed by atoms with Gasteiger partial charge in [0.2, 0.25) is 5.91 Å². The molecule has 0 saturated heterocycles. The van der Waals surface area contributed by atoms with Crippen LogP contribution in [0.15, 0.2) is 41.8 Å². The minimum absolute atomic E-state index is 0.0651. The molecule has 1 fully saturated rings. The molecule has 6 nitrogen and oxygen atoms in total. The third-order valence-corrected chi connectivity index (χ3v) is 7.88. The van der Waals surface area contributed by atoms with E-state index in [1.54, 1.807) is 23.3 Å². The van der Waals surface area contributed by atoms with Gasteiger partial charge in [0.25, 0.3) is 5.91 Å². The Kier molecular flexibility index (Phi) is 5.45. The first-order valence-electron chi connectivity index (χ1n) is 11.3. The SMILES string of the molecule is COc1cccc(CN2C(=O)c3cc4ccsc4n3C[C@]2(C)C(=O)NC2CCCCC2)c1. The minimum atomic E-state index is -0.986. The number of nitrogens with zero attached hydrogens (tertiary/aromatic N) is 2. The zero-order valence-electron chi connectivity index (χ0n) is 18.6. The van der Waals surface area contributed by atoms with Gasteiger partial charge in [0.05, 0.1) is 13.7 Å². The van der Waals surface area contributed by atoms with Crippen molar-refractivity contribution < 1.29 is 14.3 Å². The van der Waals surface area contributed by atoms with Gasteiger partial charge in [-0.05, 0) is 55.0 Å². The third-order valence-electron chi connectivity index (χ3n) is 6.93. The molecular formula is C25H29N3O3S. The predicted molar refractivity (Wildman–Crippen MR) is 126 cm³/mol. The van der Waals surface area contributed by atoms with Crippen molar-refractivity contribution in [3.8, 4) is 5.75 Å². The van der Waals surface area contributed by atoms with Crippen molar-refractivity contribution >= 4 is 33.4 Å². The Hall–Kier alpha value is -2.80. The summed E-state index contributed by atoms with van der Waals surface area (Å²) in [6.07, 6.45) is 5.54. The molecule has 0 spiro atoms. The number of hydrogen-bond donors (Lipinski definition) is 1. The standard InChI is InChI=1S/C25H29N3O3S/c1-25(24(30)26-19-8-4-3-5-9-19)16-27-21(14-18-11-12-32-23(18)27)22(29)28(25)15-17-7-6-10-20(13-17)31-2/h6-7,10-14,19H,3-5,8-9,15-16H2,1-2H3,(H,26,30)/t25-/m1/s1. The van der Waals surface area contributed by atoms with Gasteiger partial charge in [-0.15, -0.1) is 11.3 Å². The van der Waals surface area contributed by atoms with Gasteiger partial charge >= 0.3 is 0 Å². The second-order valence-electron chi connectivity index (χ2n) is 9.12. The van der Waals surface area contributed by atoms with Crippen LogP contribution in [0.1, 0.15) is 55.1 Å². The molecule has 2 aromatic heterocycles. The van der Waals surface area contributed by atoms with Crippen molar-refractivity contribution in [1.29, 1.82) is 0 Å². The average molecular weight is 452 g/mol. The quantitative estimate of drug-likeness (QED) is 0.618. The number of carbonyl (C=O) groups excluding carboxylic acids is 2. The van der Waals surface area contributed by atoms with E-state index in [1.165, 1.54) is 6.42 Å². The lowest BCUT2D eigenvalue weighted by Crippen LogP contribution is -2.64. The van der Waals surface area contributed by atoms with Crippen LogP contribution in [-0.4, -0.2) is 40.0 Å². The highest BCUT2D eigenvalue weighted by atomic mass is 32.1. The number of aromatic nitrogens is 1. The summed E-state index contributed by atoms with van der Waals surface area (Å²) in [7, 11) is 1.63. The molecule has 1 atom stereocenters. The largest absolute Gasteiger partial charge is 0.497 e. The molecular weight excluding hydrogens is 422 g/mol. The molecule has 7 heteroatoms. The van der Waals surface area contributed by atoms with Crippen LogP contribution in [0.25, 0.3) is 10.2 Å². The number of nitrogens with one attached hydrogen (secondary N) is 1. The van der Waals surface area contributed by atoms with Gasteiger partial charge in [0.1, 0.15) is 21.8 Å². The van der Waals surface area contributed by atoms with Gasteiger partial charge in [-0.25, -0.2) is 0 Å². The normalized spacial score (nSPS) is 21.6. The van der Waals surface area contributed by atoms with Gasteiger partial charge < -0.3 is 19.5 Å². The monoisotopic (exact) mass is 451 g/mol. The number of carbonyl (C=O) groups is 2. The predicted octanol–water partition coefficient (Wildman–Crippen LogP) is 4.58. The van der Waals surface area contributed by atoms with E-state index in [9.17, 15) is 9.59 Å². The smallest absolute Gasteiger partial charge is 0.271 e. The van der Waals surface area contributed by atoms with Gasteiger partial charge in [0, 0.05) is 18.0 Å². The molecule has 0 radical (unpaired) electrons. The fourth-order valence-corrected chi connectivity index (χ4v) is 5.94. The zero-order chi connectivity index (χ0) is 22.3. The van der Waals surface area contributed by atoms with Gasteiger partial charge in [0.15, 0.2) is 0 Å². The first kappa shape index (κ1) is 21.1. The number of benzene rings is 1. The molecule has 2 amide bonds. The highest BCUT2D eigenvalue weighted by molar-refractivity contribution is 7.16. The number of ether oxygens (including phenoxy) is 1. The van der Waals surface area contributed by atoms with Crippen molar-refractivity contribution in [2.45, 2.75) is 63.7 Å². The van der Waals surface area contributed by atoms with Crippen LogP contribution in [0, 0.1) is 0 Å². The average Bonchev–Trinajstić information content (AvgIpc) is 3.40. The molecule has 2 aliphatic rings. The zero-order valence-corrected chi connectivity index (χ0v) is 19.4. The van der Waals surface area contributed by atoms with E-state index in [4.69, 9.17) is 4.74 Å². The minimum Gasteiger partial charge on any atom is -0.497 e. The Morgan fingerprint density at radius 2 is 2.03 bits per heavy atom. The maximum absolute atomic E-state index is 13.8. The maximum atomic E-state index is 13.8. The summed E-state index contributed by atoms with van der Waals surface area (Å²) in [6, 6.07) is 11.9. The van der Waals surface area contributed by atoms with Crippen LogP contribution >= 0.6 is 11.3 Å². The van der Waals surface area contributed by atoms with Crippen molar-refractivity contribution in [3.63, 3.8) is 0 Å². The lowest BCUT2D eigenvalue weighted by Gasteiger charge is -2.44. The van der Waals surface area contributed by atoms with Crippen LogP contribution in [0.4, 0.5) is 0 Å². The molecule has 5 rings (SSSR count). The molecule has 1 aliphatic heterocycles. The van der Waals surface area contributed by atoms with Crippen LogP contribution < -0.4 is 10.1 Å². The van der Waals surface area contributed by atoms with E-state index in [1.807, 2.05) is 53.3 Å². The third kappa shape index (κ3) is 3.58. The van der Waals surface area contributed by atoms with E-state index < -0.39 is 5.54 Å². The van der Waals surface area contributed by atoms with Crippen molar-refractivity contribution in [2.24, 2.45) is 0 Å². The van der Waals surface area contributed by atoms with Crippen molar-refractivity contribution in [2.75, 3.05) is 7.11 Å². The first-order valence-corrected chi connectivity index (χ1v) is 12.2. The Morgan fingerprint density at radius 3 is 2.81 bits per heavy atom. The molecule has 1 saturated carbocycles. The molecule has 32 heavy (non-hydrogen) atoms. The van der Waals surface area contributed by atoms with Crippen LogP contribution in [-0.2, 0) is 17.9 Å². The molecule has 1 aromatic carbocycles. The van der Waals surface area contributed by atoms with E-state index in [-0.39, 0.29) is 17.9 Å². The van der Waals surface area contributed by atoms with Gasteiger partial charge in [-0.2, -0.15) is 0 Å². The van der Waals surface area contributed by atoms with Crippen LogP contribution in [0.2, 0.25) is 0 Å². The molecule has 1 aliphatic carbocycles. The lowest BCUT2D eigenvalue weighted by atomic mass is 9.91. The lowest BCUT2D eigenvalue weighted by molar-refractivity contribution is -0.134. The molecule has 3 heterocycles. The molecule has 3 aromatic rings. The highest BCUT2D eigenvalue weighted by Crippen LogP contribution is 2.36. The molecule has 0 bridgehead atoms. The number of thiophene rings is 1. The molecule has 168 valence electrons. The number of hydrogen-bond acceptors (Lipinski definition) is 4. The van der Waals surface area contributed by atoms with E-state index in [0.29, 0.717) is 18.8 Å². The summed E-state index contributed by atoms with van der Waals surface area (Å²) < 4.78 is 7.40. The first-order chi connectivity index (χ1) is 15.5. The maximum Gasteiger partial charge on any atom is 0.271 e. The Labute approximate surface area is 192 Å². The summed E-state index contributed by atoms with van der Waals surface area (Å²) >= 11 is 1.61. The van der Waals surface area contributed by atoms with Crippen molar-refractivity contribution in [1.82, 2.24) is 14.8 Å². The summed E-state index contributed by atoms with van der Waals surface area (Å²) in [5.74, 6) is 0.567. The van der Waals surface area contributed by atoms with E-state index in [0.717, 1.165) is 47.2 Å². The van der Waals surface area contributed by atoms with E-state index >= 15 is 0 Å². The second-order valence-corrected chi connectivity index (χ2v) is 10.0. The van der Waals surface area contributed by atoms with Gasteiger partial charge in [-0.1, -0.05) is 31.4 Å². The number of amides is 2. The molecule has 1 N–H and O–H groups in total. The Balaban J connectivity index is 1.53. The van der Waals surface area contributed by atoms with E-state index in [2.05, 4.69) is 5.32 Å². The number of fused-ring (bicyclic) bond motifs is 3. The van der Waals surface area contributed by atoms with Crippen molar-refractivity contribution in [3.05, 3.63) is 53.0 Å². The molecule has 0 unspecified atom stereocenters. The second kappa shape index (κ2) is 8.28. The summed E-state index contributed by atoms with van der Waals surface area (Å²) in [5, 5.41) is 6.37. The fraction of sp³-hybridized carbons (Fsp3) is 0.440. The topological polar surface area (TPSA) is 63.6 Å². The van der Waals surface area contributed by atoms with Gasteiger partial charge in [-0.3, -0.25) is 9.59 Å². The number of rotatable bonds is 5. The summed E-state index contributed by atoms with van der Waals surface area (Å²) in [6.45, 7) is 2.70. The summed E-state index contributed by atoms with van der Waals surface area (Å²) in [5.41, 5.74) is 0.606. The fourth-order valence-electron chi connectivity index (χ4n) is 5.05.